The first-order chi connectivity index (χ1) is 7.79. The van der Waals surface area contributed by atoms with Crippen LogP contribution in [0.15, 0.2) is 42.9 Å². The van der Waals surface area contributed by atoms with Crippen molar-refractivity contribution in [2.45, 2.75) is 13.3 Å². The molecule has 0 bridgehead atoms. The fourth-order valence-electron chi connectivity index (χ4n) is 1.30. The van der Waals surface area contributed by atoms with Gasteiger partial charge in [0.05, 0.1) is 11.9 Å². The second-order valence-corrected chi connectivity index (χ2v) is 3.30. The second-order valence-electron chi connectivity index (χ2n) is 3.30. The fraction of sp³-hybridized carbons (Fsp3) is 0.167. The van der Waals surface area contributed by atoms with E-state index in [1.54, 1.807) is 13.1 Å². The van der Waals surface area contributed by atoms with Crippen LogP contribution in [0.4, 0.5) is 0 Å². The number of hydrogen-bond acceptors (Lipinski definition) is 3. The molecular weight excluding hydrogens is 204 g/mol. The van der Waals surface area contributed by atoms with Crippen molar-refractivity contribution >= 4 is 5.97 Å². The normalized spacial score (nSPS) is 10.1. The summed E-state index contributed by atoms with van der Waals surface area (Å²) in [5.74, 6) is -0.281. The third-order valence-corrected chi connectivity index (χ3v) is 2.13. The molecule has 0 amide bonds. The van der Waals surface area contributed by atoms with Crippen LogP contribution in [0.3, 0.4) is 0 Å². The fourth-order valence-corrected chi connectivity index (χ4v) is 1.30. The SMILES string of the molecule is CCC(=O)On1cnc(-c2ccccc2)c1. The predicted octanol–water partition coefficient (Wildman–Crippen LogP) is 1.92. The molecule has 4 nitrogen and oxygen atoms in total. The number of benzene rings is 1. The van der Waals surface area contributed by atoms with Gasteiger partial charge in [-0.1, -0.05) is 37.3 Å². The summed E-state index contributed by atoms with van der Waals surface area (Å²) in [4.78, 5) is 20.2. The van der Waals surface area contributed by atoms with Gasteiger partial charge in [0, 0.05) is 12.0 Å². The van der Waals surface area contributed by atoms with Gasteiger partial charge in [0.1, 0.15) is 6.33 Å². The van der Waals surface area contributed by atoms with Gasteiger partial charge in [-0.05, 0) is 0 Å². The van der Waals surface area contributed by atoms with Crippen LogP contribution in [-0.2, 0) is 4.79 Å². The molecule has 82 valence electrons. The minimum absolute atomic E-state index is 0.281. The van der Waals surface area contributed by atoms with Crippen LogP contribution in [0, 0.1) is 0 Å². The molecule has 0 aliphatic carbocycles. The maximum Gasteiger partial charge on any atom is 0.332 e. The molecule has 0 saturated carbocycles. The van der Waals surface area contributed by atoms with Crippen LogP contribution in [0.1, 0.15) is 13.3 Å². The summed E-state index contributed by atoms with van der Waals surface area (Å²) >= 11 is 0. The quantitative estimate of drug-likeness (QED) is 0.787. The zero-order valence-corrected chi connectivity index (χ0v) is 8.96. The van der Waals surface area contributed by atoms with Crippen molar-refractivity contribution in [3.05, 3.63) is 42.9 Å². The zero-order chi connectivity index (χ0) is 11.4. The molecule has 0 unspecified atom stereocenters. The molecule has 0 fully saturated rings. The van der Waals surface area contributed by atoms with E-state index in [0.29, 0.717) is 6.42 Å². The molecule has 2 aromatic rings. The lowest BCUT2D eigenvalue weighted by Gasteiger charge is -1.99. The highest BCUT2D eigenvalue weighted by Gasteiger charge is 2.04. The Bertz CT molecular complexity index is 477. The Morgan fingerprint density at radius 3 is 2.81 bits per heavy atom. The molecule has 2 rings (SSSR count). The van der Waals surface area contributed by atoms with Crippen molar-refractivity contribution in [1.29, 1.82) is 0 Å². The number of hydrogen-bond donors (Lipinski definition) is 0. The molecular formula is C12H12N2O2. The molecule has 1 aromatic carbocycles. The Morgan fingerprint density at radius 2 is 2.12 bits per heavy atom. The summed E-state index contributed by atoms with van der Waals surface area (Å²) in [7, 11) is 0. The lowest BCUT2D eigenvalue weighted by molar-refractivity contribution is -0.143. The monoisotopic (exact) mass is 216 g/mol. The van der Waals surface area contributed by atoms with E-state index in [9.17, 15) is 4.79 Å². The van der Waals surface area contributed by atoms with E-state index in [1.165, 1.54) is 11.1 Å². The summed E-state index contributed by atoms with van der Waals surface area (Å²) in [5.41, 5.74) is 1.78. The van der Waals surface area contributed by atoms with E-state index in [4.69, 9.17) is 4.84 Å². The predicted molar refractivity (Wildman–Crippen MR) is 59.5 cm³/mol. The number of imidazole rings is 1. The molecule has 1 aromatic heterocycles. The largest absolute Gasteiger partial charge is 0.336 e. The summed E-state index contributed by atoms with van der Waals surface area (Å²) in [5, 5.41) is 0. The minimum atomic E-state index is -0.281. The minimum Gasteiger partial charge on any atom is -0.336 e. The van der Waals surface area contributed by atoms with Gasteiger partial charge in [-0.3, -0.25) is 0 Å². The van der Waals surface area contributed by atoms with Crippen molar-refractivity contribution in [2.24, 2.45) is 0 Å². The van der Waals surface area contributed by atoms with Crippen LogP contribution in [-0.4, -0.2) is 15.7 Å². The average Bonchev–Trinajstić information content (AvgIpc) is 2.78. The van der Waals surface area contributed by atoms with Crippen LogP contribution in [0.2, 0.25) is 0 Å². The Labute approximate surface area is 93.5 Å². The lowest BCUT2D eigenvalue weighted by Crippen LogP contribution is -2.16. The van der Waals surface area contributed by atoms with E-state index in [-0.39, 0.29) is 5.97 Å². The van der Waals surface area contributed by atoms with Crippen molar-refractivity contribution in [3.8, 4) is 11.3 Å². The van der Waals surface area contributed by atoms with Crippen LogP contribution < -0.4 is 4.84 Å². The highest BCUT2D eigenvalue weighted by Crippen LogP contribution is 2.15. The first kappa shape index (κ1) is 10.4. The van der Waals surface area contributed by atoms with Gasteiger partial charge in [-0.15, -0.1) is 0 Å². The molecule has 4 heteroatoms. The molecule has 0 N–H and O–H groups in total. The number of carbonyl (C=O) groups excluding carboxylic acids is 1. The molecule has 0 aliphatic rings. The van der Waals surface area contributed by atoms with E-state index >= 15 is 0 Å². The van der Waals surface area contributed by atoms with Crippen LogP contribution in [0.25, 0.3) is 11.3 Å². The van der Waals surface area contributed by atoms with E-state index in [0.717, 1.165) is 11.3 Å². The molecule has 1 heterocycles. The Morgan fingerprint density at radius 1 is 1.38 bits per heavy atom. The smallest absolute Gasteiger partial charge is 0.332 e. The van der Waals surface area contributed by atoms with Crippen LogP contribution >= 0.6 is 0 Å². The number of carbonyl (C=O) groups is 1. The van der Waals surface area contributed by atoms with Crippen molar-refractivity contribution < 1.29 is 9.63 Å². The maximum absolute atomic E-state index is 11.1. The van der Waals surface area contributed by atoms with Gasteiger partial charge in [0.2, 0.25) is 0 Å². The van der Waals surface area contributed by atoms with Crippen molar-refractivity contribution in [3.63, 3.8) is 0 Å². The molecule has 16 heavy (non-hydrogen) atoms. The van der Waals surface area contributed by atoms with Crippen molar-refractivity contribution in [2.75, 3.05) is 0 Å². The van der Waals surface area contributed by atoms with Crippen LogP contribution in [0.5, 0.6) is 0 Å². The number of nitrogens with zero attached hydrogens (tertiary/aromatic N) is 2. The summed E-state index contributed by atoms with van der Waals surface area (Å²) < 4.78 is 1.33. The van der Waals surface area contributed by atoms with E-state index in [2.05, 4.69) is 4.98 Å². The van der Waals surface area contributed by atoms with E-state index in [1.807, 2.05) is 30.3 Å². The number of aromatic nitrogens is 2. The molecule has 0 spiro atoms. The van der Waals surface area contributed by atoms with Crippen molar-refractivity contribution in [1.82, 2.24) is 9.71 Å². The average molecular weight is 216 g/mol. The van der Waals surface area contributed by atoms with Gasteiger partial charge < -0.3 is 4.84 Å². The number of rotatable bonds is 3. The topological polar surface area (TPSA) is 44.1 Å². The third kappa shape index (κ3) is 2.28. The van der Waals surface area contributed by atoms with Gasteiger partial charge in [0.15, 0.2) is 0 Å². The highest BCUT2D eigenvalue weighted by atomic mass is 16.7. The Kier molecular flexibility index (Phi) is 3.00. The first-order valence-corrected chi connectivity index (χ1v) is 5.10. The highest BCUT2D eigenvalue weighted by molar-refractivity contribution is 5.69. The summed E-state index contributed by atoms with van der Waals surface area (Å²) in [6.07, 6.45) is 3.51. The van der Waals surface area contributed by atoms with Gasteiger partial charge in [0.25, 0.3) is 0 Å². The Balaban J connectivity index is 2.17. The standard InChI is InChI=1S/C12H12N2O2/c1-2-12(15)16-14-8-11(13-9-14)10-6-4-3-5-7-10/h3-9H,2H2,1H3. The Hall–Kier alpha value is -2.10. The third-order valence-electron chi connectivity index (χ3n) is 2.13. The first-order valence-electron chi connectivity index (χ1n) is 5.10. The molecule has 0 atom stereocenters. The van der Waals surface area contributed by atoms with Gasteiger partial charge >= 0.3 is 5.97 Å². The maximum atomic E-state index is 11.1. The molecule has 0 saturated heterocycles. The lowest BCUT2D eigenvalue weighted by atomic mass is 10.2. The molecule has 0 aliphatic heterocycles. The van der Waals surface area contributed by atoms with E-state index < -0.39 is 0 Å². The summed E-state index contributed by atoms with van der Waals surface area (Å²) in [6.45, 7) is 1.75. The summed E-state index contributed by atoms with van der Waals surface area (Å²) in [6, 6.07) is 9.72. The second kappa shape index (κ2) is 4.61. The molecule has 0 radical (unpaired) electrons. The zero-order valence-electron chi connectivity index (χ0n) is 8.96. The van der Waals surface area contributed by atoms with Gasteiger partial charge in [-0.25, -0.2) is 9.78 Å². The van der Waals surface area contributed by atoms with Gasteiger partial charge in [-0.2, -0.15) is 4.73 Å².